The van der Waals surface area contributed by atoms with E-state index in [1.165, 1.54) is 27.5 Å². The van der Waals surface area contributed by atoms with Crippen LogP contribution in [-0.2, 0) is 6.42 Å². The highest BCUT2D eigenvalue weighted by atomic mass is 16.1. The van der Waals surface area contributed by atoms with E-state index in [2.05, 4.69) is 66.8 Å². The van der Waals surface area contributed by atoms with Crippen molar-refractivity contribution < 1.29 is 4.79 Å². The lowest BCUT2D eigenvalue weighted by atomic mass is 9.74. The third-order valence-electron chi connectivity index (χ3n) is 5.31. The van der Waals surface area contributed by atoms with Crippen LogP contribution in [0.1, 0.15) is 36.3 Å². The molecule has 0 fully saturated rings. The van der Waals surface area contributed by atoms with Gasteiger partial charge >= 0.3 is 0 Å². The van der Waals surface area contributed by atoms with E-state index in [0.717, 1.165) is 17.4 Å². The summed E-state index contributed by atoms with van der Waals surface area (Å²) in [6, 6.07) is 19.0. The van der Waals surface area contributed by atoms with Gasteiger partial charge in [-0.1, -0.05) is 56.3 Å². The number of aromatic nitrogens is 1. The molecule has 118 valence electrons. The topological polar surface area (TPSA) is 21.5 Å². The Labute approximate surface area is 140 Å². The molecule has 0 aliphatic heterocycles. The molecule has 0 unspecified atom stereocenters. The molecular formula is C22H19NO. The summed E-state index contributed by atoms with van der Waals surface area (Å²) in [4.78, 5) is 13.0. The van der Waals surface area contributed by atoms with Gasteiger partial charge in [0.1, 0.15) is 0 Å². The molecule has 24 heavy (non-hydrogen) atoms. The first-order valence-corrected chi connectivity index (χ1v) is 8.52. The second-order valence-electron chi connectivity index (χ2n) is 7.73. The van der Waals surface area contributed by atoms with Crippen molar-refractivity contribution in [1.82, 2.24) is 4.40 Å². The molecule has 2 nitrogen and oxygen atoms in total. The van der Waals surface area contributed by atoms with Crippen molar-refractivity contribution in [2.75, 3.05) is 0 Å². The third-order valence-corrected chi connectivity index (χ3v) is 5.31. The number of ketones is 1. The fourth-order valence-corrected chi connectivity index (χ4v) is 4.35. The summed E-state index contributed by atoms with van der Waals surface area (Å²) in [6.07, 6.45) is 1.54. The number of hydrogen-bond acceptors (Lipinski definition) is 1. The van der Waals surface area contributed by atoms with Crippen LogP contribution in [0.15, 0.2) is 54.6 Å². The zero-order valence-electron chi connectivity index (χ0n) is 14.0. The number of rotatable bonds is 0. The maximum Gasteiger partial charge on any atom is 0.165 e. The van der Waals surface area contributed by atoms with Crippen LogP contribution in [0.25, 0.3) is 27.2 Å². The van der Waals surface area contributed by atoms with E-state index in [4.69, 9.17) is 0 Å². The van der Waals surface area contributed by atoms with Crippen molar-refractivity contribution in [3.8, 4) is 0 Å². The lowest BCUT2D eigenvalue weighted by Crippen LogP contribution is -2.29. The molecule has 2 heteroatoms. The Kier molecular flexibility index (Phi) is 2.57. The van der Waals surface area contributed by atoms with Gasteiger partial charge in [0.05, 0.1) is 11.0 Å². The van der Waals surface area contributed by atoms with Crippen molar-refractivity contribution in [3.05, 3.63) is 65.9 Å². The summed E-state index contributed by atoms with van der Waals surface area (Å²) >= 11 is 0. The van der Waals surface area contributed by atoms with Crippen LogP contribution in [0, 0.1) is 5.41 Å². The highest BCUT2D eigenvalue weighted by Gasteiger charge is 2.34. The molecule has 0 N–H and O–H groups in total. The number of hydrogen-bond donors (Lipinski definition) is 0. The van der Waals surface area contributed by atoms with Crippen molar-refractivity contribution >= 4 is 33.0 Å². The fourth-order valence-electron chi connectivity index (χ4n) is 4.35. The summed E-state index contributed by atoms with van der Waals surface area (Å²) in [6.45, 7) is 4.39. The number of para-hydroxylation sites is 1. The van der Waals surface area contributed by atoms with Gasteiger partial charge in [-0.15, -0.1) is 0 Å². The van der Waals surface area contributed by atoms with Crippen LogP contribution >= 0.6 is 0 Å². The molecule has 0 saturated carbocycles. The molecule has 1 aliphatic rings. The minimum Gasteiger partial charge on any atom is -0.312 e. The third kappa shape index (κ3) is 1.74. The summed E-state index contributed by atoms with van der Waals surface area (Å²) < 4.78 is 2.33. The Bertz CT molecular complexity index is 1150. The predicted molar refractivity (Wildman–Crippen MR) is 98.8 cm³/mol. The van der Waals surface area contributed by atoms with E-state index in [1.807, 2.05) is 6.07 Å². The van der Waals surface area contributed by atoms with Gasteiger partial charge < -0.3 is 4.40 Å². The van der Waals surface area contributed by atoms with E-state index in [0.29, 0.717) is 6.42 Å². The van der Waals surface area contributed by atoms with Crippen molar-refractivity contribution in [2.24, 2.45) is 5.41 Å². The largest absolute Gasteiger partial charge is 0.312 e. The number of nitrogens with zero attached hydrogens (tertiary/aromatic N) is 1. The van der Waals surface area contributed by atoms with Crippen molar-refractivity contribution in [1.29, 1.82) is 0 Å². The number of fused-ring (bicyclic) bond motifs is 8. The van der Waals surface area contributed by atoms with Crippen molar-refractivity contribution in [2.45, 2.75) is 26.7 Å². The highest BCUT2D eigenvalue weighted by molar-refractivity contribution is 6.15. The van der Waals surface area contributed by atoms with Crippen LogP contribution < -0.4 is 0 Å². The highest BCUT2D eigenvalue weighted by Crippen LogP contribution is 2.41. The smallest absolute Gasteiger partial charge is 0.165 e. The van der Waals surface area contributed by atoms with E-state index in [9.17, 15) is 4.79 Å². The summed E-state index contributed by atoms with van der Waals surface area (Å²) in [7, 11) is 0. The van der Waals surface area contributed by atoms with Gasteiger partial charge in [0.25, 0.3) is 0 Å². The summed E-state index contributed by atoms with van der Waals surface area (Å²) in [5, 5.41) is 3.50. The van der Waals surface area contributed by atoms with Gasteiger partial charge in [-0.2, -0.15) is 0 Å². The summed E-state index contributed by atoms with van der Waals surface area (Å²) in [5.74, 6) is 0.275. The molecule has 0 bridgehead atoms. The molecule has 2 aromatic carbocycles. The molecule has 1 aliphatic carbocycles. The fraction of sp³-hybridized carbons (Fsp3) is 0.227. The van der Waals surface area contributed by atoms with Gasteiger partial charge in [0.15, 0.2) is 5.78 Å². The predicted octanol–water partition coefficient (Wildman–Crippen LogP) is 5.40. The number of carbonyl (C=O) groups excluding carboxylic acids is 1. The zero-order chi connectivity index (χ0) is 16.5. The number of carbonyl (C=O) groups is 1. The molecule has 2 heterocycles. The number of pyridine rings is 1. The number of benzene rings is 2. The van der Waals surface area contributed by atoms with Crippen molar-refractivity contribution in [3.63, 3.8) is 0 Å². The van der Waals surface area contributed by atoms with E-state index in [1.54, 1.807) is 0 Å². The quantitative estimate of drug-likeness (QED) is 0.426. The first-order valence-electron chi connectivity index (χ1n) is 8.52. The first kappa shape index (κ1) is 13.8. The van der Waals surface area contributed by atoms with Crippen LogP contribution in [0.3, 0.4) is 0 Å². The maximum atomic E-state index is 13.0. The normalized spacial score (nSPS) is 16.8. The molecule has 0 radical (unpaired) electrons. The van der Waals surface area contributed by atoms with Crippen LogP contribution in [0.4, 0.5) is 0 Å². The van der Waals surface area contributed by atoms with Gasteiger partial charge in [-0.25, -0.2) is 0 Å². The molecular weight excluding hydrogens is 294 g/mol. The molecule has 0 saturated heterocycles. The van der Waals surface area contributed by atoms with Gasteiger partial charge in [-0.05, 0) is 29.4 Å². The van der Waals surface area contributed by atoms with Gasteiger partial charge in [-0.3, -0.25) is 4.79 Å². The Hall–Kier alpha value is -2.61. The molecule has 4 aromatic rings. The molecule has 0 amide bonds. The van der Waals surface area contributed by atoms with Gasteiger partial charge in [0, 0.05) is 28.5 Å². The second-order valence-corrected chi connectivity index (χ2v) is 7.73. The first-order chi connectivity index (χ1) is 11.6. The Balaban J connectivity index is 2.09. The summed E-state index contributed by atoms with van der Waals surface area (Å²) in [5.41, 5.74) is 4.51. The lowest BCUT2D eigenvalue weighted by molar-refractivity contribution is 0.0912. The van der Waals surface area contributed by atoms with E-state index >= 15 is 0 Å². The molecule has 0 spiro atoms. The van der Waals surface area contributed by atoms with Gasteiger partial charge in [0.2, 0.25) is 0 Å². The molecule has 5 rings (SSSR count). The van der Waals surface area contributed by atoms with Crippen LogP contribution in [0.5, 0.6) is 0 Å². The number of Topliss-reactive ketones (excluding diaryl/α,β-unsaturated/α-hetero) is 1. The van der Waals surface area contributed by atoms with Crippen LogP contribution in [-0.4, -0.2) is 10.2 Å². The maximum absolute atomic E-state index is 13.0. The Morgan fingerprint density at radius 2 is 1.58 bits per heavy atom. The second kappa shape index (κ2) is 4.47. The monoisotopic (exact) mass is 313 g/mol. The standard InChI is InChI=1S/C22H19NO/c1-22(2)12-19-21(20(24)13-22)16-9-5-4-8-15(16)18-11-14-7-3-6-10-17(14)23(18)19/h3-11H,12-13H2,1-2H3. The molecule has 0 atom stereocenters. The zero-order valence-corrected chi connectivity index (χ0v) is 14.0. The molecule has 2 aromatic heterocycles. The average Bonchev–Trinajstić information content (AvgIpc) is 2.93. The Morgan fingerprint density at radius 1 is 0.875 bits per heavy atom. The minimum atomic E-state index is 0.00481. The van der Waals surface area contributed by atoms with Crippen LogP contribution in [0.2, 0.25) is 0 Å². The Morgan fingerprint density at radius 3 is 2.42 bits per heavy atom. The van der Waals surface area contributed by atoms with E-state index in [-0.39, 0.29) is 11.2 Å². The van der Waals surface area contributed by atoms with E-state index < -0.39 is 0 Å². The SMILES string of the molecule is CC1(C)CC(=O)c2c(n3c4ccccc4cc3c3ccccc23)C1. The lowest BCUT2D eigenvalue weighted by Gasteiger charge is -2.32. The average molecular weight is 313 g/mol. The minimum absolute atomic E-state index is 0.00481.